The molecule has 2 amide bonds. The molecule has 0 radical (unpaired) electrons. The minimum Gasteiger partial charge on any atom is -0.396 e. The molecule has 2 N–H and O–H groups in total. The quantitative estimate of drug-likeness (QED) is 0.804. The minimum absolute atomic E-state index is 0.110. The highest BCUT2D eigenvalue weighted by atomic mass is 16.2. The molecule has 20 heavy (non-hydrogen) atoms. The molecule has 2 aliphatic rings. The number of nitrogens with zero attached hydrogens (tertiary/aromatic N) is 4. The van der Waals surface area contributed by atoms with Gasteiger partial charge < -0.3 is 15.5 Å². The molecular formula is C13H19N5O2. The van der Waals surface area contributed by atoms with E-state index in [2.05, 4.69) is 5.10 Å². The van der Waals surface area contributed by atoms with Crippen molar-refractivity contribution in [3.05, 3.63) is 11.9 Å². The number of carbonyl (C=O) groups is 2. The fourth-order valence-electron chi connectivity index (χ4n) is 2.58. The molecule has 1 aliphatic carbocycles. The zero-order valence-electron chi connectivity index (χ0n) is 11.6. The maximum atomic E-state index is 12.4. The topological polar surface area (TPSA) is 84.5 Å². The van der Waals surface area contributed by atoms with Crippen LogP contribution in [0.4, 0.5) is 5.69 Å². The van der Waals surface area contributed by atoms with Crippen LogP contribution in [-0.2, 0) is 11.8 Å². The fraction of sp³-hybridized carbons (Fsp3) is 0.615. The standard InChI is InChI=1S/C13H19N5O2/c1-16-11(10(14)8-15-16)13(20)18-6-4-17(5-7-18)12(19)9-2-3-9/h8-9H,2-7,14H2,1H3. The van der Waals surface area contributed by atoms with Crippen LogP contribution in [0.2, 0.25) is 0 Å². The van der Waals surface area contributed by atoms with Crippen LogP contribution in [0.5, 0.6) is 0 Å². The Kier molecular flexibility index (Phi) is 3.11. The summed E-state index contributed by atoms with van der Waals surface area (Å²) in [6, 6.07) is 0. The summed E-state index contributed by atoms with van der Waals surface area (Å²) in [7, 11) is 1.70. The Morgan fingerprint density at radius 2 is 1.80 bits per heavy atom. The molecule has 0 bridgehead atoms. The lowest BCUT2D eigenvalue weighted by Gasteiger charge is -2.34. The molecule has 2 fully saturated rings. The monoisotopic (exact) mass is 277 g/mol. The van der Waals surface area contributed by atoms with Gasteiger partial charge in [0.1, 0.15) is 5.69 Å². The van der Waals surface area contributed by atoms with E-state index < -0.39 is 0 Å². The second kappa shape index (κ2) is 4.81. The van der Waals surface area contributed by atoms with Crippen LogP contribution >= 0.6 is 0 Å². The molecule has 7 nitrogen and oxygen atoms in total. The van der Waals surface area contributed by atoms with Gasteiger partial charge in [0.25, 0.3) is 5.91 Å². The van der Waals surface area contributed by atoms with Gasteiger partial charge in [-0.15, -0.1) is 0 Å². The van der Waals surface area contributed by atoms with Crippen LogP contribution < -0.4 is 5.73 Å². The number of aryl methyl sites for hydroxylation is 1. The Balaban J connectivity index is 1.63. The second-order valence-corrected chi connectivity index (χ2v) is 5.46. The normalized spacial score (nSPS) is 19.2. The Morgan fingerprint density at radius 1 is 1.20 bits per heavy atom. The summed E-state index contributed by atoms with van der Waals surface area (Å²) in [5.41, 5.74) is 6.60. The Morgan fingerprint density at radius 3 is 2.30 bits per heavy atom. The first-order valence-corrected chi connectivity index (χ1v) is 6.93. The lowest BCUT2D eigenvalue weighted by molar-refractivity contribution is -0.134. The van der Waals surface area contributed by atoms with Crippen LogP contribution in [0.25, 0.3) is 0 Å². The maximum Gasteiger partial charge on any atom is 0.274 e. The zero-order chi connectivity index (χ0) is 14.3. The van der Waals surface area contributed by atoms with Gasteiger partial charge in [-0.25, -0.2) is 0 Å². The summed E-state index contributed by atoms with van der Waals surface area (Å²) in [6.07, 6.45) is 3.52. The average Bonchev–Trinajstić information content (AvgIpc) is 3.24. The molecule has 0 atom stereocenters. The third-order valence-electron chi connectivity index (χ3n) is 3.97. The molecule has 1 saturated heterocycles. The summed E-state index contributed by atoms with van der Waals surface area (Å²) in [5.74, 6) is 0.378. The highest BCUT2D eigenvalue weighted by molar-refractivity contribution is 5.97. The highest BCUT2D eigenvalue weighted by Gasteiger charge is 2.35. The number of carbonyl (C=O) groups excluding carboxylic acids is 2. The third-order valence-corrected chi connectivity index (χ3v) is 3.97. The fourth-order valence-corrected chi connectivity index (χ4v) is 2.58. The Bertz CT molecular complexity index is 521. The second-order valence-electron chi connectivity index (χ2n) is 5.46. The third kappa shape index (κ3) is 2.23. The van der Waals surface area contributed by atoms with E-state index in [1.165, 1.54) is 10.9 Å². The molecule has 3 rings (SSSR count). The van der Waals surface area contributed by atoms with Gasteiger partial charge in [0.2, 0.25) is 5.91 Å². The Labute approximate surface area is 117 Å². The SMILES string of the molecule is Cn1ncc(N)c1C(=O)N1CCN(C(=O)C2CC2)CC1. The van der Waals surface area contributed by atoms with Crippen molar-refractivity contribution in [3.8, 4) is 0 Å². The van der Waals surface area contributed by atoms with Crippen LogP contribution in [0.3, 0.4) is 0 Å². The number of nitrogen functional groups attached to an aromatic ring is 1. The van der Waals surface area contributed by atoms with Crippen molar-refractivity contribution in [2.24, 2.45) is 13.0 Å². The van der Waals surface area contributed by atoms with Gasteiger partial charge in [-0.3, -0.25) is 14.3 Å². The van der Waals surface area contributed by atoms with Crippen LogP contribution in [0, 0.1) is 5.92 Å². The average molecular weight is 277 g/mol. The molecule has 1 saturated carbocycles. The van der Waals surface area contributed by atoms with Crippen molar-refractivity contribution in [1.82, 2.24) is 19.6 Å². The van der Waals surface area contributed by atoms with Gasteiger partial charge in [-0.2, -0.15) is 5.10 Å². The van der Waals surface area contributed by atoms with Crippen LogP contribution in [0.1, 0.15) is 23.3 Å². The number of piperazine rings is 1. The molecule has 7 heteroatoms. The summed E-state index contributed by atoms with van der Waals surface area (Å²) >= 11 is 0. The molecule has 2 heterocycles. The van der Waals surface area contributed by atoms with Crippen molar-refractivity contribution in [2.75, 3.05) is 31.9 Å². The van der Waals surface area contributed by atoms with Crippen molar-refractivity contribution >= 4 is 17.5 Å². The zero-order valence-corrected chi connectivity index (χ0v) is 11.6. The first-order valence-electron chi connectivity index (χ1n) is 6.93. The molecule has 1 aromatic heterocycles. The lowest BCUT2D eigenvalue weighted by atomic mass is 10.2. The predicted molar refractivity (Wildman–Crippen MR) is 72.8 cm³/mol. The van der Waals surface area contributed by atoms with Crippen molar-refractivity contribution in [3.63, 3.8) is 0 Å². The van der Waals surface area contributed by atoms with E-state index in [9.17, 15) is 9.59 Å². The number of hydrogen-bond donors (Lipinski definition) is 1. The summed E-state index contributed by atoms with van der Waals surface area (Å²) in [4.78, 5) is 28.0. The van der Waals surface area contributed by atoms with E-state index in [-0.39, 0.29) is 17.7 Å². The molecule has 0 spiro atoms. The van der Waals surface area contributed by atoms with Crippen molar-refractivity contribution in [1.29, 1.82) is 0 Å². The predicted octanol–water partition coefficient (Wildman–Crippen LogP) is -0.303. The number of amides is 2. The highest BCUT2D eigenvalue weighted by Crippen LogP contribution is 2.31. The van der Waals surface area contributed by atoms with Gasteiger partial charge in [0, 0.05) is 39.1 Å². The Hall–Kier alpha value is -2.05. The van der Waals surface area contributed by atoms with Crippen molar-refractivity contribution < 1.29 is 9.59 Å². The number of nitrogens with two attached hydrogens (primary N) is 1. The molecule has 108 valence electrons. The first kappa shape index (κ1) is 13.0. The maximum absolute atomic E-state index is 12.4. The largest absolute Gasteiger partial charge is 0.396 e. The molecular weight excluding hydrogens is 258 g/mol. The molecule has 0 unspecified atom stereocenters. The molecule has 1 aliphatic heterocycles. The molecule has 0 aromatic carbocycles. The number of anilines is 1. The number of aromatic nitrogens is 2. The smallest absolute Gasteiger partial charge is 0.274 e. The van der Waals surface area contributed by atoms with Crippen molar-refractivity contribution in [2.45, 2.75) is 12.8 Å². The van der Waals surface area contributed by atoms with Crippen LogP contribution in [0.15, 0.2) is 6.20 Å². The summed E-state index contributed by atoms with van der Waals surface area (Å²) in [6.45, 7) is 2.33. The number of hydrogen-bond acceptors (Lipinski definition) is 4. The number of rotatable bonds is 2. The van der Waals surface area contributed by atoms with E-state index in [4.69, 9.17) is 5.73 Å². The van der Waals surface area contributed by atoms with E-state index in [1.54, 1.807) is 11.9 Å². The van der Waals surface area contributed by atoms with E-state index >= 15 is 0 Å². The van der Waals surface area contributed by atoms with Gasteiger partial charge in [0.15, 0.2) is 0 Å². The van der Waals surface area contributed by atoms with Crippen LogP contribution in [-0.4, -0.2) is 57.6 Å². The van der Waals surface area contributed by atoms with Gasteiger partial charge in [-0.05, 0) is 12.8 Å². The molecule has 1 aromatic rings. The van der Waals surface area contributed by atoms with Gasteiger partial charge in [0.05, 0.1) is 11.9 Å². The van der Waals surface area contributed by atoms with Gasteiger partial charge in [-0.1, -0.05) is 0 Å². The first-order chi connectivity index (χ1) is 9.58. The summed E-state index contributed by atoms with van der Waals surface area (Å²) in [5, 5.41) is 3.99. The summed E-state index contributed by atoms with van der Waals surface area (Å²) < 4.78 is 1.50. The van der Waals surface area contributed by atoms with E-state index in [0.29, 0.717) is 37.6 Å². The van der Waals surface area contributed by atoms with E-state index in [0.717, 1.165) is 12.8 Å². The minimum atomic E-state index is -0.110. The van der Waals surface area contributed by atoms with Gasteiger partial charge >= 0.3 is 0 Å². The lowest BCUT2D eigenvalue weighted by Crippen LogP contribution is -2.51. The van der Waals surface area contributed by atoms with E-state index in [1.807, 2.05) is 4.90 Å².